The summed E-state index contributed by atoms with van der Waals surface area (Å²) < 4.78 is 11.4. The molecule has 1 N–H and O–H groups in total. The van der Waals surface area contributed by atoms with Gasteiger partial charge in [-0.05, 0) is 25.5 Å². The Hall–Kier alpha value is -1.82. The zero-order valence-corrected chi connectivity index (χ0v) is 11.6. The number of esters is 1. The van der Waals surface area contributed by atoms with Gasteiger partial charge >= 0.3 is 5.97 Å². The maximum absolute atomic E-state index is 11.8. The summed E-state index contributed by atoms with van der Waals surface area (Å²) in [4.78, 5) is 23.5. The highest BCUT2D eigenvalue weighted by Gasteiger charge is 2.17. The Labute approximate surface area is 112 Å². The summed E-state index contributed by atoms with van der Waals surface area (Å²) in [5, 5.41) is 2.70. The van der Waals surface area contributed by atoms with E-state index in [1.807, 2.05) is 6.92 Å². The molecule has 1 aromatic heterocycles. The van der Waals surface area contributed by atoms with E-state index < -0.39 is 5.97 Å². The predicted molar refractivity (Wildman–Crippen MR) is 70.0 cm³/mol. The van der Waals surface area contributed by atoms with Gasteiger partial charge in [0.25, 0.3) is 0 Å². The molecule has 0 aliphatic rings. The lowest BCUT2D eigenvalue weighted by atomic mass is 10.3. The van der Waals surface area contributed by atoms with Crippen LogP contribution < -0.4 is 5.32 Å². The monoisotopic (exact) mass is 268 g/mol. The van der Waals surface area contributed by atoms with Crippen LogP contribution in [0.4, 0.5) is 0 Å². The fourth-order valence-corrected chi connectivity index (χ4v) is 1.69. The third kappa shape index (κ3) is 4.40. The first-order valence-electron chi connectivity index (χ1n) is 6.18. The third-order valence-electron chi connectivity index (χ3n) is 2.58. The van der Waals surface area contributed by atoms with Crippen LogP contribution in [0.5, 0.6) is 0 Å². The first-order chi connectivity index (χ1) is 9.10. The summed E-state index contributed by atoms with van der Waals surface area (Å²) >= 11 is 0. The number of hydrogen-bond donors (Lipinski definition) is 1. The van der Waals surface area contributed by atoms with E-state index in [0.29, 0.717) is 25.5 Å². The number of aromatic nitrogens is 1. The molecule has 0 aliphatic heterocycles. The number of amides is 1. The first-order valence-corrected chi connectivity index (χ1v) is 6.18. The summed E-state index contributed by atoms with van der Waals surface area (Å²) in [6.07, 6.45) is 1.71. The largest absolute Gasteiger partial charge is 0.461 e. The predicted octanol–water partition coefficient (Wildman–Crippen LogP) is 0.736. The van der Waals surface area contributed by atoms with Crippen LogP contribution in [0.3, 0.4) is 0 Å². The Bertz CT molecular complexity index is 440. The normalized spacial score (nSPS) is 10.3. The number of rotatable bonds is 7. The molecule has 1 amide bonds. The Morgan fingerprint density at radius 1 is 1.42 bits per heavy atom. The Morgan fingerprint density at radius 3 is 2.79 bits per heavy atom. The van der Waals surface area contributed by atoms with Crippen molar-refractivity contribution in [3.05, 3.63) is 23.5 Å². The van der Waals surface area contributed by atoms with Gasteiger partial charge in [-0.2, -0.15) is 0 Å². The summed E-state index contributed by atoms with van der Waals surface area (Å²) in [6.45, 7) is 4.87. The molecule has 0 unspecified atom stereocenters. The molecule has 0 bridgehead atoms. The van der Waals surface area contributed by atoms with Gasteiger partial charge in [0.2, 0.25) is 5.91 Å². The summed E-state index contributed by atoms with van der Waals surface area (Å²) in [6, 6.07) is 1.79. The molecule has 1 heterocycles. The van der Waals surface area contributed by atoms with Crippen molar-refractivity contribution >= 4 is 11.9 Å². The van der Waals surface area contributed by atoms with Gasteiger partial charge < -0.3 is 19.4 Å². The van der Waals surface area contributed by atoms with Gasteiger partial charge in [-0.1, -0.05) is 0 Å². The van der Waals surface area contributed by atoms with E-state index in [0.717, 1.165) is 5.56 Å². The van der Waals surface area contributed by atoms with Crippen LogP contribution in [0.1, 0.15) is 23.0 Å². The number of carbonyl (C=O) groups is 2. The number of carbonyl (C=O) groups excluding carboxylic acids is 2. The van der Waals surface area contributed by atoms with E-state index in [-0.39, 0.29) is 12.5 Å². The molecule has 0 spiro atoms. The van der Waals surface area contributed by atoms with Crippen LogP contribution >= 0.6 is 0 Å². The van der Waals surface area contributed by atoms with Crippen molar-refractivity contribution in [2.24, 2.45) is 0 Å². The van der Waals surface area contributed by atoms with Crippen molar-refractivity contribution in [1.29, 1.82) is 0 Å². The molecule has 0 saturated carbocycles. The molecule has 0 saturated heterocycles. The van der Waals surface area contributed by atoms with Gasteiger partial charge in [0.15, 0.2) is 0 Å². The van der Waals surface area contributed by atoms with E-state index in [9.17, 15) is 9.59 Å². The van der Waals surface area contributed by atoms with Gasteiger partial charge in [-0.25, -0.2) is 4.79 Å². The lowest BCUT2D eigenvalue weighted by Crippen LogP contribution is -2.31. The highest BCUT2D eigenvalue weighted by atomic mass is 16.5. The Morgan fingerprint density at radius 2 is 2.16 bits per heavy atom. The second kappa shape index (κ2) is 7.58. The molecule has 0 atom stereocenters. The molecule has 0 fully saturated rings. The van der Waals surface area contributed by atoms with Crippen molar-refractivity contribution in [2.75, 3.05) is 26.9 Å². The van der Waals surface area contributed by atoms with Crippen LogP contribution in [0.15, 0.2) is 12.3 Å². The number of methoxy groups -OCH3 is 1. The molecular weight excluding hydrogens is 248 g/mol. The average Bonchev–Trinajstić information content (AvgIpc) is 2.71. The Kier molecular flexibility index (Phi) is 6.08. The quantitative estimate of drug-likeness (QED) is 0.585. The lowest BCUT2D eigenvalue weighted by molar-refractivity contribution is -0.121. The molecule has 19 heavy (non-hydrogen) atoms. The SMILES string of the molecule is CCOC(=O)c1c(C)ccn1CC(=O)NCCOC. The summed E-state index contributed by atoms with van der Waals surface area (Å²) in [7, 11) is 1.57. The van der Waals surface area contributed by atoms with Crippen LogP contribution in [0.25, 0.3) is 0 Å². The van der Waals surface area contributed by atoms with E-state index in [4.69, 9.17) is 9.47 Å². The molecule has 106 valence electrons. The standard InChI is InChI=1S/C13H20N2O4/c1-4-19-13(17)12-10(2)5-7-15(12)9-11(16)14-6-8-18-3/h5,7H,4,6,8-9H2,1-3H3,(H,14,16). The zero-order valence-electron chi connectivity index (χ0n) is 11.6. The fourth-order valence-electron chi connectivity index (χ4n) is 1.69. The summed E-state index contributed by atoms with van der Waals surface area (Å²) in [5.74, 6) is -0.576. The second-order valence-electron chi connectivity index (χ2n) is 4.04. The van der Waals surface area contributed by atoms with E-state index in [2.05, 4.69) is 5.32 Å². The lowest BCUT2D eigenvalue weighted by Gasteiger charge is -2.10. The van der Waals surface area contributed by atoms with E-state index in [1.54, 1.807) is 30.9 Å². The van der Waals surface area contributed by atoms with Crippen molar-refractivity contribution < 1.29 is 19.1 Å². The number of nitrogens with one attached hydrogen (secondary N) is 1. The molecule has 1 rings (SSSR count). The first kappa shape index (κ1) is 15.2. The molecule has 6 nitrogen and oxygen atoms in total. The van der Waals surface area contributed by atoms with E-state index in [1.165, 1.54) is 0 Å². The van der Waals surface area contributed by atoms with Gasteiger partial charge in [0.1, 0.15) is 12.2 Å². The van der Waals surface area contributed by atoms with Crippen molar-refractivity contribution in [3.8, 4) is 0 Å². The molecule has 6 heteroatoms. The Balaban J connectivity index is 2.68. The smallest absolute Gasteiger partial charge is 0.355 e. The molecule has 0 radical (unpaired) electrons. The van der Waals surface area contributed by atoms with Crippen LogP contribution in [-0.4, -0.2) is 43.3 Å². The van der Waals surface area contributed by atoms with Gasteiger partial charge in [-0.3, -0.25) is 4.79 Å². The summed E-state index contributed by atoms with van der Waals surface area (Å²) in [5.41, 5.74) is 1.21. The van der Waals surface area contributed by atoms with Crippen molar-refractivity contribution in [2.45, 2.75) is 20.4 Å². The minimum absolute atomic E-state index is 0.0890. The molecule has 0 aromatic carbocycles. The third-order valence-corrected chi connectivity index (χ3v) is 2.58. The average molecular weight is 268 g/mol. The van der Waals surface area contributed by atoms with Gasteiger partial charge in [0, 0.05) is 19.9 Å². The minimum atomic E-state index is -0.408. The maximum Gasteiger partial charge on any atom is 0.355 e. The van der Waals surface area contributed by atoms with Crippen LogP contribution in [-0.2, 0) is 20.8 Å². The van der Waals surface area contributed by atoms with Crippen molar-refractivity contribution in [1.82, 2.24) is 9.88 Å². The van der Waals surface area contributed by atoms with Crippen LogP contribution in [0, 0.1) is 6.92 Å². The minimum Gasteiger partial charge on any atom is -0.461 e. The zero-order chi connectivity index (χ0) is 14.3. The molecule has 1 aromatic rings. The highest BCUT2D eigenvalue weighted by molar-refractivity contribution is 5.90. The molecule has 0 aliphatic carbocycles. The van der Waals surface area contributed by atoms with Gasteiger partial charge in [-0.15, -0.1) is 0 Å². The van der Waals surface area contributed by atoms with Crippen LogP contribution in [0.2, 0.25) is 0 Å². The molecular formula is C13H20N2O4. The topological polar surface area (TPSA) is 69.6 Å². The van der Waals surface area contributed by atoms with E-state index >= 15 is 0 Å². The second-order valence-corrected chi connectivity index (χ2v) is 4.04. The fraction of sp³-hybridized carbons (Fsp3) is 0.538. The number of aryl methyl sites for hydroxylation is 1. The number of nitrogens with zero attached hydrogens (tertiary/aromatic N) is 1. The van der Waals surface area contributed by atoms with Gasteiger partial charge in [0.05, 0.1) is 13.2 Å². The highest BCUT2D eigenvalue weighted by Crippen LogP contribution is 2.11. The maximum atomic E-state index is 11.8. The number of ether oxygens (including phenoxy) is 2. The van der Waals surface area contributed by atoms with Crippen molar-refractivity contribution in [3.63, 3.8) is 0 Å². The number of hydrogen-bond acceptors (Lipinski definition) is 4.